The Morgan fingerprint density at radius 1 is 1.17 bits per heavy atom. The Hall–Kier alpha value is -1.44. The molecule has 2 aliphatic rings. The molecule has 6 nitrogen and oxygen atoms in total. The summed E-state index contributed by atoms with van der Waals surface area (Å²) >= 11 is 0. The van der Waals surface area contributed by atoms with Crippen LogP contribution in [-0.2, 0) is 18.8 Å². The van der Waals surface area contributed by atoms with Gasteiger partial charge in [0.05, 0.1) is 11.2 Å². The highest BCUT2D eigenvalue weighted by atomic mass is 16.7. The van der Waals surface area contributed by atoms with Gasteiger partial charge in [0.15, 0.2) is 0 Å². The summed E-state index contributed by atoms with van der Waals surface area (Å²) in [6.45, 7) is 11.1. The number of carbonyl (C=O) groups is 1. The maximum absolute atomic E-state index is 10.8. The number of hydrogen-bond donors (Lipinski definition) is 0. The monoisotopic (exact) mass is 405 g/mol. The average Bonchev–Trinajstić information content (AvgIpc) is 2.98. The molecule has 0 aromatic carbocycles. The number of ether oxygens (including phenoxy) is 2. The van der Waals surface area contributed by atoms with Crippen LogP contribution in [0.25, 0.3) is 0 Å². The van der Waals surface area contributed by atoms with Crippen LogP contribution >= 0.6 is 0 Å². The summed E-state index contributed by atoms with van der Waals surface area (Å²) in [5.41, 5.74) is 0.241. The van der Waals surface area contributed by atoms with E-state index in [0.717, 1.165) is 50.5 Å². The van der Waals surface area contributed by atoms with Gasteiger partial charge in [0.25, 0.3) is 0 Å². The van der Waals surface area contributed by atoms with Crippen molar-refractivity contribution in [1.82, 2.24) is 4.98 Å². The Morgan fingerprint density at radius 2 is 1.83 bits per heavy atom. The lowest BCUT2D eigenvalue weighted by Crippen LogP contribution is -2.44. The van der Waals surface area contributed by atoms with E-state index >= 15 is 0 Å². The minimum Gasteiger partial charge on any atom is -0.474 e. The Labute approximate surface area is 175 Å². The van der Waals surface area contributed by atoms with E-state index in [1.807, 2.05) is 19.1 Å². The smallest absolute Gasteiger partial charge is 0.474 e. The molecule has 162 valence electrons. The number of aromatic nitrogens is 1. The molecule has 1 aromatic rings. The molecule has 1 saturated carbocycles. The zero-order valence-corrected chi connectivity index (χ0v) is 18.8. The summed E-state index contributed by atoms with van der Waals surface area (Å²) in [5.74, 6) is 0.817. The van der Waals surface area contributed by atoms with Gasteiger partial charge in [-0.25, -0.2) is 4.98 Å². The first kappa shape index (κ1) is 23.8. The van der Waals surface area contributed by atoms with E-state index in [2.05, 4.69) is 37.4 Å². The number of aldehydes is 1. The molecule has 3 rings (SSSR count). The van der Waals surface area contributed by atoms with E-state index in [1.54, 1.807) is 13.3 Å². The molecule has 0 N–H and O–H groups in total. The fourth-order valence-electron chi connectivity index (χ4n) is 3.55. The molecular formula is C22H36BNO5. The summed E-state index contributed by atoms with van der Waals surface area (Å²) < 4.78 is 22.8. The number of carbonyl (C=O) groups excluding carboxylic acids is 1. The number of methoxy groups -OCH3 is 1. The Morgan fingerprint density at radius 3 is 2.28 bits per heavy atom. The second-order valence-corrected chi connectivity index (χ2v) is 8.46. The molecule has 2 fully saturated rings. The van der Waals surface area contributed by atoms with Crippen LogP contribution in [-0.4, -0.2) is 49.4 Å². The maximum atomic E-state index is 10.8. The molecule has 1 unspecified atom stereocenters. The Kier molecular flexibility index (Phi) is 8.67. The average molecular weight is 405 g/mol. The number of nitrogens with zero attached hydrogens (tertiary/aromatic N) is 1. The maximum Gasteiger partial charge on any atom is 0.496 e. The third-order valence-corrected chi connectivity index (χ3v) is 6.24. The quantitative estimate of drug-likeness (QED) is 0.533. The molecule has 0 radical (unpaired) electrons. The lowest BCUT2D eigenvalue weighted by Gasteiger charge is -2.35. The van der Waals surface area contributed by atoms with E-state index in [-0.39, 0.29) is 23.2 Å². The largest absolute Gasteiger partial charge is 0.496 e. The van der Waals surface area contributed by atoms with E-state index < -0.39 is 7.12 Å². The molecule has 1 atom stereocenters. The predicted molar refractivity (Wildman–Crippen MR) is 115 cm³/mol. The summed E-state index contributed by atoms with van der Waals surface area (Å²) in [5, 5.41) is 0. The van der Waals surface area contributed by atoms with Crippen LogP contribution in [0.4, 0.5) is 0 Å². The predicted octanol–water partition coefficient (Wildman–Crippen LogP) is 3.56. The van der Waals surface area contributed by atoms with Gasteiger partial charge < -0.3 is 23.6 Å². The molecule has 29 heavy (non-hydrogen) atoms. The van der Waals surface area contributed by atoms with Gasteiger partial charge in [-0.1, -0.05) is 13.0 Å². The van der Waals surface area contributed by atoms with Crippen molar-refractivity contribution in [2.24, 2.45) is 5.92 Å². The van der Waals surface area contributed by atoms with Crippen LogP contribution in [0.3, 0.4) is 0 Å². The summed E-state index contributed by atoms with van der Waals surface area (Å²) in [7, 11) is 1.28. The summed E-state index contributed by atoms with van der Waals surface area (Å²) in [6.07, 6.45) is 7.49. The minimum absolute atomic E-state index is 0.149. The standard InChI is InChI=1S/C19H28BNO4.C3H8O/c1-5-19(4)18(2,3)24-20(25-19)15-8-11-17(21-12-15)23-16-9-6-14(13-22)7-10-16;1-3-4-2/h8,11-14,16H,5-7,9-10H2,1-4H3;3H2,1-2H3. The molecular weight excluding hydrogens is 369 g/mol. The SMILES string of the molecule is CCC1(C)OB(c2ccc(OC3CCC(C=O)CC3)nc2)OC1(C)C.CCOC. The molecule has 0 amide bonds. The van der Waals surface area contributed by atoms with Crippen LogP contribution in [0.1, 0.15) is 66.7 Å². The number of hydrogen-bond acceptors (Lipinski definition) is 6. The van der Waals surface area contributed by atoms with Gasteiger partial charge in [-0.2, -0.15) is 0 Å². The fraction of sp³-hybridized carbons (Fsp3) is 0.727. The minimum atomic E-state index is -0.399. The van der Waals surface area contributed by atoms with Gasteiger partial charge in [-0.15, -0.1) is 0 Å². The van der Waals surface area contributed by atoms with Crippen molar-refractivity contribution < 1.29 is 23.6 Å². The lowest BCUT2D eigenvalue weighted by atomic mass is 9.80. The van der Waals surface area contributed by atoms with Crippen molar-refractivity contribution in [3.63, 3.8) is 0 Å². The first-order valence-electron chi connectivity index (χ1n) is 10.7. The first-order chi connectivity index (χ1) is 13.8. The van der Waals surface area contributed by atoms with Crippen molar-refractivity contribution in [3.8, 4) is 5.88 Å². The molecule has 1 aliphatic carbocycles. The molecule has 0 bridgehead atoms. The van der Waals surface area contributed by atoms with Gasteiger partial charge in [0, 0.05) is 31.3 Å². The normalized spacial score (nSPS) is 28.4. The van der Waals surface area contributed by atoms with Crippen molar-refractivity contribution in [3.05, 3.63) is 18.3 Å². The van der Waals surface area contributed by atoms with Crippen molar-refractivity contribution >= 4 is 18.9 Å². The molecule has 7 heteroatoms. The van der Waals surface area contributed by atoms with Crippen LogP contribution < -0.4 is 10.2 Å². The van der Waals surface area contributed by atoms with E-state index in [0.29, 0.717) is 5.88 Å². The van der Waals surface area contributed by atoms with Gasteiger partial charge in [0.2, 0.25) is 5.88 Å². The zero-order chi connectivity index (χ0) is 21.5. The van der Waals surface area contributed by atoms with Crippen molar-refractivity contribution in [2.75, 3.05) is 13.7 Å². The fourth-order valence-corrected chi connectivity index (χ4v) is 3.55. The summed E-state index contributed by atoms with van der Waals surface area (Å²) in [6, 6.07) is 3.84. The molecule has 0 spiro atoms. The molecule has 2 heterocycles. The lowest BCUT2D eigenvalue weighted by molar-refractivity contribution is -0.112. The van der Waals surface area contributed by atoms with Crippen LogP contribution in [0.2, 0.25) is 0 Å². The zero-order valence-electron chi connectivity index (χ0n) is 18.8. The number of rotatable bonds is 6. The molecule has 1 saturated heterocycles. The van der Waals surface area contributed by atoms with Crippen molar-refractivity contribution in [2.45, 2.75) is 84.0 Å². The highest BCUT2D eigenvalue weighted by Crippen LogP contribution is 2.39. The third kappa shape index (κ3) is 6.03. The van der Waals surface area contributed by atoms with Gasteiger partial charge in [-0.3, -0.25) is 0 Å². The van der Waals surface area contributed by atoms with E-state index in [9.17, 15) is 4.79 Å². The highest BCUT2D eigenvalue weighted by Gasteiger charge is 2.53. The van der Waals surface area contributed by atoms with Crippen molar-refractivity contribution in [1.29, 1.82) is 0 Å². The topological polar surface area (TPSA) is 66.9 Å². The van der Waals surface area contributed by atoms with Gasteiger partial charge >= 0.3 is 7.12 Å². The second kappa shape index (κ2) is 10.6. The van der Waals surface area contributed by atoms with Crippen LogP contribution in [0.15, 0.2) is 18.3 Å². The molecule has 1 aliphatic heterocycles. The van der Waals surface area contributed by atoms with Gasteiger partial charge in [-0.05, 0) is 65.9 Å². The number of pyridine rings is 1. The Balaban J connectivity index is 0.000000687. The van der Waals surface area contributed by atoms with E-state index in [4.69, 9.17) is 14.0 Å². The molecule has 1 aromatic heterocycles. The van der Waals surface area contributed by atoms with Crippen LogP contribution in [0.5, 0.6) is 5.88 Å². The van der Waals surface area contributed by atoms with Crippen LogP contribution in [0, 0.1) is 5.92 Å². The Bertz CT molecular complexity index is 629. The van der Waals surface area contributed by atoms with Gasteiger partial charge in [0.1, 0.15) is 12.4 Å². The van der Waals surface area contributed by atoms with E-state index in [1.165, 1.54) is 0 Å². The first-order valence-corrected chi connectivity index (χ1v) is 10.7. The highest BCUT2D eigenvalue weighted by molar-refractivity contribution is 6.62. The summed E-state index contributed by atoms with van der Waals surface area (Å²) in [4.78, 5) is 15.3. The third-order valence-electron chi connectivity index (χ3n) is 6.24. The second-order valence-electron chi connectivity index (χ2n) is 8.46.